The molecular weight excluding hydrogens is 242 g/mol. The molecule has 0 aliphatic carbocycles. The van der Waals surface area contributed by atoms with Crippen LogP contribution in [0.15, 0.2) is 30.3 Å². The molecule has 0 spiro atoms. The normalized spacial score (nSPS) is 23.4. The van der Waals surface area contributed by atoms with Gasteiger partial charge in [0.1, 0.15) is 0 Å². The number of hydrogen-bond acceptors (Lipinski definition) is 3. The number of likely N-dealkylation sites (tertiary alicyclic amines) is 1. The minimum absolute atomic E-state index is 0.0428. The van der Waals surface area contributed by atoms with Crippen molar-refractivity contribution in [2.75, 3.05) is 13.1 Å². The van der Waals surface area contributed by atoms with E-state index in [0.29, 0.717) is 6.42 Å². The van der Waals surface area contributed by atoms with Crippen LogP contribution in [-0.2, 0) is 9.59 Å². The summed E-state index contributed by atoms with van der Waals surface area (Å²) in [6.45, 7) is 0.981. The molecule has 2 amide bonds. The third-order valence-corrected chi connectivity index (χ3v) is 3.59. The van der Waals surface area contributed by atoms with Gasteiger partial charge in [0.2, 0.25) is 11.8 Å². The average molecular weight is 261 g/mol. The fraction of sp³-hybridized carbons (Fsp3) is 0.429. The molecule has 1 heterocycles. The van der Waals surface area contributed by atoms with Gasteiger partial charge in [-0.25, -0.2) is 0 Å². The number of nitrogens with two attached hydrogens (primary N) is 2. The molecule has 1 saturated heterocycles. The van der Waals surface area contributed by atoms with Gasteiger partial charge in [-0.2, -0.15) is 0 Å². The van der Waals surface area contributed by atoms with Gasteiger partial charge in [0.05, 0.1) is 6.54 Å². The zero-order chi connectivity index (χ0) is 13.8. The lowest BCUT2D eigenvalue weighted by molar-refractivity contribution is -0.119. The molecule has 1 aromatic rings. The van der Waals surface area contributed by atoms with Crippen LogP contribution in [0.1, 0.15) is 24.4 Å². The number of hydrogen-bond donors (Lipinski definition) is 2. The highest BCUT2D eigenvalue weighted by Crippen LogP contribution is 2.38. The first-order valence-electron chi connectivity index (χ1n) is 6.43. The Morgan fingerprint density at radius 2 is 1.84 bits per heavy atom. The number of primary amides is 2. The van der Waals surface area contributed by atoms with E-state index in [1.165, 1.54) is 0 Å². The molecule has 1 aliphatic heterocycles. The third kappa shape index (κ3) is 3.32. The lowest BCUT2D eigenvalue weighted by Crippen LogP contribution is -2.35. The van der Waals surface area contributed by atoms with Crippen molar-refractivity contribution < 1.29 is 9.59 Å². The Morgan fingerprint density at radius 1 is 1.16 bits per heavy atom. The fourth-order valence-corrected chi connectivity index (χ4v) is 2.91. The Morgan fingerprint density at radius 3 is 2.42 bits per heavy atom. The van der Waals surface area contributed by atoms with Gasteiger partial charge >= 0.3 is 0 Å². The summed E-state index contributed by atoms with van der Waals surface area (Å²) in [7, 11) is 0. The standard InChI is InChI=1S/C14H19N3O2/c15-12(18)8-11-6-7-17(9-13(16)19)14(11)10-4-2-1-3-5-10/h1-5,11,14H,6-9H2,(H2,15,18)(H2,16,19). The Kier molecular flexibility index (Phi) is 4.16. The third-order valence-electron chi connectivity index (χ3n) is 3.59. The molecular formula is C14H19N3O2. The smallest absolute Gasteiger partial charge is 0.231 e. The van der Waals surface area contributed by atoms with Crippen LogP contribution in [0.25, 0.3) is 0 Å². The molecule has 5 nitrogen and oxygen atoms in total. The van der Waals surface area contributed by atoms with Crippen LogP contribution in [0.5, 0.6) is 0 Å². The van der Waals surface area contributed by atoms with Crippen LogP contribution in [0, 0.1) is 5.92 Å². The number of rotatable bonds is 5. The molecule has 0 radical (unpaired) electrons. The van der Waals surface area contributed by atoms with Gasteiger partial charge in [-0.15, -0.1) is 0 Å². The SMILES string of the molecule is NC(=O)CC1CCN(CC(N)=O)C1c1ccccc1. The molecule has 102 valence electrons. The van der Waals surface area contributed by atoms with Crippen molar-refractivity contribution in [3.05, 3.63) is 35.9 Å². The molecule has 4 N–H and O–H groups in total. The summed E-state index contributed by atoms with van der Waals surface area (Å²) in [4.78, 5) is 24.4. The van der Waals surface area contributed by atoms with E-state index in [1.807, 2.05) is 35.2 Å². The van der Waals surface area contributed by atoms with Crippen LogP contribution >= 0.6 is 0 Å². The van der Waals surface area contributed by atoms with E-state index in [1.54, 1.807) is 0 Å². The van der Waals surface area contributed by atoms with Gasteiger partial charge in [-0.3, -0.25) is 14.5 Å². The van der Waals surface area contributed by atoms with Crippen molar-refractivity contribution in [1.82, 2.24) is 4.90 Å². The van der Waals surface area contributed by atoms with E-state index in [2.05, 4.69) is 0 Å². The molecule has 1 fully saturated rings. The summed E-state index contributed by atoms with van der Waals surface area (Å²) >= 11 is 0. The second kappa shape index (κ2) is 5.84. The quantitative estimate of drug-likeness (QED) is 0.804. The molecule has 1 aliphatic rings. The van der Waals surface area contributed by atoms with Crippen molar-refractivity contribution in [3.63, 3.8) is 0 Å². The van der Waals surface area contributed by atoms with Gasteiger partial charge in [0.25, 0.3) is 0 Å². The van der Waals surface area contributed by atoms with Crippen LogP contribution in [0.2, 0.25) is 0 Å². The van der Waals surface area contributed by atoms with Gasteiger partial charge in [0.15, 0.2) is 0 Å². The predicted octanol–water partition coefficient (Wildman–Crippen LogP) is 0.410. The van der Waals surface area contributed by atoms with Crippen molar-refractivity contribution in [3.8, 4) is 0 Å². The first kappa shape index (κ1) is 13.5. The van der Waals surface area contributed by atoms with Gasteiger partial charge in [-0.05, 0) is 24.4 Å². The number of amides is 2. The molecule has 0 aromatic heterocycles. The molecule has 19 heavy (non-hydrogen) atoms. The summed E-state index contributed by atoms with van der Waals surface area (Å²) in [6, 6.07) is 9.92. The Labute approximate surface area is 112 Å². The largest absolute Gasteiger partial charge is 0.370 e. The summed E-state index contributed by atoms with van der Waals surface area (Å²) in [6.07, 6.45) is 1.20. The Balaban J connectivity index is 2.22. The Bertz CT molecular complexity index is 437. The number of nitrogens with zero attached hydrogens (tertiary/aromatic N) is 1. The molecule has 2 rings (SSSR count). The maximum Gasteiger partial charge on any atom is 0.231 e. The Hall–Kier alpha value is -1.88. The van der Waals surface area contributed by atoms with Crippen LogP contribution < -0.4 is 11.5 Å². The lowest BCUT2D eigenvalue weighted by Gasteiger charge is -2.27. The van der Waals surface area contributed by atoms with Gasteiger partial charge in [0, 0.05) is 12.5 Å². The zero-order valence-electron chi connectivity index (χ0n) is 10.8. The maximum absolute atomic E-state index is 11.2. The lowest BCUT2D eigenvalue weighted by atomic mass is 9.91. The highest BCUT2D eigenvalue weighted by atomic mass is 16.1. The van der Waals surface area contributed by atoms with E-state index >= 15 is 0 Å². The van der Waals surface area contributed by atoms with Crippen molar-refractivity contribution in [1.29, 1.82) is 0 Å². The predicted molar refractivity (Wildman–Crippen MR) is 71.9 cm³/mol. The molecule has 2 atom stereocenters. The zero-order valence-corrected chi connectivity index (χ0v) is 10.8. The second-order valence-corrected chi connectivity index (χ2v) is 5.01. The first-order chi connectivity index (χ1) is 9.08. The highest BCUT2D eigenvalue weighted by Gasteiger charge is 2.36. The summed E-state index contributed by atoms with van der Waals surface area (Å²) in [5.74, 6) is -0.494. The van der Waals surface area contributed by atoms with E-state index in [9.17, 15) is 9.59 Å². The van der Waals surface area contributed by atoms with E-state index in [4.69, 9.17) is 11.5 Å². The van der Waals surface area contributed by atoms with Crippen molar-refractivity contribution >= 4 is 11.8 Å². The molecule has 5 heteroatoms. The van der Waals surface area contributed by atoms with Crippen LogP contribution in [0.4, 0.5) is 0 Å². The van der Waals surface area contributed by atoms with Crippen molar-refractivity contribution in [2.45, 2.75) is 18.9 Å². The highest BCUT2D eigenvalue weighted by molar-refractivity contribution is 5.76. The number of carbonyl (C=O) groups is 2. The van der Waals surface area contributed by atoms with E-state index in [-0.39, 0.29) is 30.3 Å². The number of benzene rings is 1. The minimum Gasteiger partial charge on any atom is -0.370 e. The molecule has 1 aromatic carbocycles. The summed E-state index contributed by atoms with van der Waals surface area (Å²) < 4.78 is 0. The molecule has 0 bridgehead atoms. The van der Waals surface area contributed by atoms with Gasteiger partial charge in [-0.1, -0.05) is 30.3 Å². The molecule has 0 saturated carbocycles. The topological polar surface area (TPSA) is 89.4 Å². The van der Waals surface area contributed by atoms with Crippen molar-refractivity contribution in [2.24, 2.45) is 17.4 Å². The monoisotopic (exact) mass is 261 g/mol. The second-order valence-electron chi connectivity index (χ2n) is 5.01. The first-order valence-corrected chi connectivity index (χ1v) is 6.43. The van der Waals surface area contributed by atoms with Gasteiger partial charge < -0.3 is 11.5 Å². The summed E-state index contributed by atoms with van der Waals surface area (Å²) in [5, 5.41) is 0. The van der Waals surface area contributed by atoms with Crippen LogP contribution in [-0.4, -0.2) is 29.8 Å². The van der Waals surface area contributed by atoms with Crippen LogP contribution in [0.3, 0.4) is 0 Å². The summed E-state index contributed by atoms with van der Waals surface area (Å²) in [5.41, 5.74) is 11.7. The van der Waals surface area contributed by atoms with E-state index in [0.717, 1.165) is 18.5 Å². The maximum atomic E-state index is 11.2. The minimum atomic E-state index is -0.347. The molecule has 2 unspecified atom stereocenters. The number of carbonyl (C=O) groups excluding carboxylic acids is 2. The van der Waals surface area contributed by atoms with E-state index < -0.39 is 0 Å². The average Bonchev–Trinajstić information content (AvgIpc) is 2.71. The fourth-order valence-electron chi connectivity index (χ4n) is 2.91.